The molecule has 0 radical (unpaired) electrons. The Balaban J connectivity index is 1.82. The highest BCUT2D eigenvalue weighted by molar-refractivity contribution is 8.18. The number of hydrogen-bond donors (Lipinski definition) is 0. The van der Waals surface area contributed by atoms with Gasteiger partial charge in [0.15, 0.2) is 0 Å². The lowest BCUT2D eigenvalue weighted by atomic mass is 10.2. The monoisotopic (exact) mass is 415 g/mol. The summed E-state index contributed by atoms with van der Waals surface area (Å²) < 4.78 is 6.71. The molecule has 2 amide bonds. The van der Waals surface area contributed by atoms with E-state index in [1.54, 1.807) is 55.0 Å². The first-order chi connectivity index (χ1) is 13.8. The predicted molar refractivity (Wildman–Crippen MR) is 106 cm³/mol. The number of aromatic nitrogens is 1. The number of rotatable bonds is 6. The Hall–Kier alpha value is -3.40. The number of hydrogen-bond acceptors (Lipinski definition) is 7. The lowest BCUT2D eigenvalue weighted by Crippen LogP contribution is -2.35. The fourth-order valence-electron chi connectivity index (χ4n) is 2.68. The van der Waals surface area contributed by atoms with Crippen LogP contribution in [0, 0.1) is 10.1 Å². The standard InChI is InChI=1S/C19H17N3O6S/c1-12(2)28-17(23)11-21-18(24)16(29-19(21)25)10-15-4-3-9-20(15)13-5-7-14(8-6-13)22(26)27/h3-10,12H,11H2,1-2H3/b16-10-. The summed E-state index contributed by atoms with van der Waals surface area (Å²) in [5.74, 6) is -1.23. The van der Waals surface area contributed by atoms with E-state index >= 15 is 0 Å². The van der Waals surface area contributed by atoms with E-state index in [2.05, 4.69) is 0 Å². The SMILES string of the molecule is CC(C)OC(=O)CN1C(=O)S/C(=C\c2cccn2-c2ccc([N+](=O)[O-])cc2)C1=O. The molecule has 3 rings (SSSR count). The average Bonchev–Trinajstić information content (AvgIpc) is 3.21. The van der Waals surface area contributed by atoms with E-state index in [0.29, 0.717) is 11.4 Å². The molecule has 1 aromatic heterocycles. The van der Waals surface area contributed by atoms with Gasteiger partial charge in [-0.25, -0.2) is 0 Å². The van der Waals surface area contributed by atoms with Gasteiger partial charge in [0, 0.05) is 29.7 Å². The highest BCUT2D eigenvalue weighted by atomic mass is 32.2. The van der Waals surface area contributed by atoms with Crippen molar-refractivity contribution in [3.63, 3.8) is 0 Å². The number of ether oxygens (including phenoxy) is 1. The molecule has 1 aliphatic heterocycles. The van der Waals surface area contributed by atoms with Crippen molar-refractivity contribution < 1.29 is 24.0 Å². The molecule has 2 heterocycles. The Morgan fingerprint density at radius 3 is 2.55 bits per heavy atom. The molecule has 2 aromatic rings. The number of esters is 1. The Morgan fingerprint density at radius 2 is 1.93 bits per heavy atom. The smallest absolute Gasteiger partial charge is 0.326 e. The summed E-state index contributed by atoms with van der Waals surface area (Å²) in [7, 11) is 0. The zero-order valence-corrected chi connectivity index (χ0v) is 16.4. The number of nitrogens with zero attached hydrogens (tertiary/aromatic N) is 3. The second-order valence-electron chi connectivity index (χ2n) is 6.38. The van der Waals surface area contributed by atoms with Crippen molar-refractivity contribution in [2.45, 2.75) is 20.0 Å². The van der Waals surface area contributed by atoms with Crippen LogP contribution in [0.3, 0.4) is 0 Å². The van der Waals surface area contributed by atoms with Crippen LogP contribution in [0.15, 0.2) is 47.5 Å². The van der Waals surface area contributed by atoms with Gasteiger partial charge in [-0.2, -0.15) is 0 Å². The number of imide groups is 1. The van der Waals surface area contributed by atoms with E-state index in [4.69, 9.17) is 4.74 Å². The number of amides is 2. The van der Waals surface area contributed by atoms with Crippen LogP contribution in [0.1, 0.15) is 19.5 Å². The Morgan fingerprint density at radius 1 is 1.24 bits per heavy atom. The highest BCUT2D eigenvalue weighted by Gasteiger charge is 2.37. The molecule has 0 unspecified atom stereocenters. The predicted octanol–water partition coefficient (Wildman–Crippen LogP) is 3.37. The van der Waals surface area contributed by atoms with Crippen LogP contribution in [0.5, 0.6) is 0 Å². The molecule has 1 aromatic carbocycles. The largest absolute Gasteiger partial charge is 0.462 e. The van der Waals surface area contributed by atoms with E-state index in [0.717, 1.165) is 16.7 Å². The van der Waals surface area contributed by atoms with E-state index in [9.17, 15) is 24.5 Å². The molecule has 29 heavy (non-hydrogen) atoms. The maximum absolute atomic E-state index is 12.6. The molecule has 150 valence electrons. The van der Waals surface area contributed by atoms with Gasteiger partial charge in [0.2, 0.25) is 0 Å². The van der Waals surface area contributed by atoms with Gasteiger partial charge >= 0.3 is 5.97 Å². The molecule has 9 nitrogen and oxygen atoms in total. The van der Waals surface area contributed by atoms with E-state index < -0.39 is 28.6 Å². The first-order valence-electron chi connectivity index (χ1n) is 8.63. The fraction of sp³-hybridized carbons (Fsp3) is 0.211. The third-order valence-electron chi connectivity index (χ3n) is 3.93. The normalized spacial score (nSPS) is 15.4. The van der Waals surface area contributed by atoms with Crippen LogP contribution in [0.2, 0.25) is 0 Å². The minimum absolute atomic E-state index is 0.0307. The number of carbonyl (C=O) groups is 3. The number of benzene rings is 1. The summed E-state index contributed by atoms with van der Waals surface area (Å²) in [5, 5.41) is 10.3. The van der Waals surface area contributed by atoms with Gasteiger partial charge in [-0.05, 0) is 56.0 Å². The van der Waals surface area contributed by atoms with Gasteiger partial charge in [0.05, 0.1) is 15.9 Å². The maximum atomic E-state index is 12.6. The zero-order chi connectivity index (χ0) is 21.1. The lowest BCUT2D eigenvalue weighted by molar-refractivity contribution is -0.384. The number of nitro groups is 1. The van der Waals surface area contributed by atoms with Crippen LogP contribution in [-0.4, -0.2) is 44.2 Å². The minimum Gasteiger partial charge on any atom is -0.462 e. The van der Waals surface area contributed by atoms with Crippen molar-refractivity contribution in [3.8, 4) is 5.69 Å². The summed E-state index contributed by atoms with van der Waals surface area (Å²) in [6, 6.07) is 9.42. The molecular weight excluding hydrogens is 398 g/mol. The van der Waals surface area contributed by atoms with Gasteiger partial charge in [-0.3, -0.25) is 29.4 Å². The molecule has 1 aliphatic rings. The van der Waals surface area contributed by atoms with Crippen LogP contribution in [0.25, 0.3) is 11.8 Å². The third-order valence-corrected chi connectivity index (χ3v) is 4.83. The Labute approximate surface area is 170 Å². The van der Waals surface area contributed by atoms with E-state index in [1.807, 2.05) is 0 Å². The minimum atomic E-state index is -0.655. The number of nitro benzene ring substituents is 1. The van der Waals surface area contributed by atoms with E-state index in [-0.39, 0.29) is 16.7 Å². The van der Waals surface area contributed by atoms with Gasteiger partial charge in [-0.15, -0.1) is 0 Å². The van der Waals surface area contributed by atoms with Crippen LogP contribution in [0.4, 0.5) is 10.5 Å². The number of non-ortho nitro benzene ring substituents is 1. The molecule has 0 spiro atoms. The van der Waals surface area contributed by atoms with Gasteiger partial charge in [0.1, 0.15) is 6.54 Å². The summed E-state index contributed by atoms with van der Waals surface area (Å²) in [6.07, 6.45) is 2.93. The van der Waals surface area contributed by atoms with Crippen molar-refractivity contribution in [1.82, 2.24) is 9.47 Å². The molecule has 1 fully saturated rings. The van der Waals surface area contributed by atoms with Crippen molar-refractivity contribution >= 4 is 40.6 Å². The second-order valence-corrected chi connectivity index (χ2v) is 7.38. The maximum Gasteiger partial charge on any atom is 0.326 e. The number of carbonyl (C=O) groups excluding carboxylic acids is 3. The summed E-state index contributed by atoms with van der Waals surface area (Å²) in [6.45, 7) is 2.92. The first-order valence-corrected chi connectivity index (χ1v) is 9.45. The zero-order valence-electron chi connectivity index (χ0n) is 15.6. The molecule has 0 saturated carbocycles. The fourth-order valence-corrected chi connectivity index (χ4v) is 3.50. The van der Waals surface area contributed by atoms with Gasteiger partial charge in [-0.1, -0.05) is 0 Å². The van der Waals surface area contributed by atoms with Crippen LogP contribution >= 0.6 is 11.8 Å². The Kier molecular flexibility index (Phi) is 5.83. The second kappa shape index (κ2) is 8.31. The number of thioether (sulfide) groups is 1. The van der Waals surface area contributed by atoms with E-state index in [1.165, 1.54) is 12.1 Å². The van der Waals surface area contributed by atoms with Crippen molar-refractivity contribution in [1.29, 1.82) is 0 Å². The van der Waals surface area contributed by atoms with Crippen molar-refractivity contribution in [2.75, 3.05) is 6.54 Å². The third kappa shape index (κ3) is 4.54. The van der Waals surface area contributed by atoms with Gasteiger partial charge in [0.25, 0.3) is 16.8 Å². The van der Waals surface area contributed by atoms with Gasteiger partial charge < -0.3 is 9.30 Å². The molecule has 1 saturated heterocycles. The Bertz CT molecular complexity index is 1010. The van der Waals surface area contributed by atoms with Crippen LogP contribution in [-0.2, 0) is 14.3 Å². The molecule has 0 N–H and O–H groups in total. The summed E-state index contributed by atoms with van der Waals surface area (Å²) in [5.41, 5.74) is 1.23. The molecule has 0 bridgehead atoms. The topological polar surface area (TPSA) is 112 Å². The van der Waals surface area contributed by atoms with Crippen molar-refractivity contribution in [3.05, 3.63) is 63.3 Å². The first kappa shape index (κ1) is 20.3. The van der Waals surface area contributed by atoms with Crippen molar-refractivity contribution in [2.24, 2.45) is 0 Å². The summed E-state index contributed by atoms with van der Waals surface area (Å²) in [4.78, 5) is 47.8. The summed E-state index contributed by atoms with van der Waals surface area (Å²) >= 11 is 0.739. The van der Waals surface area contributed by atoms with Crippen LogP contribution < -0.4 is 0 Å². The average molecular weight is 415 g/mol. The molecule has 0 atom stereocenters. The molecule has 0 aliphatic carbocycles. The molecule has 10 heteroatoms. The highest BCUT2D eigenvalue weighted by Crippen LogP contribution is 2.32. The molecular formula is C19H17N3O6S. The quantitative estimate of drug-likeness (QED) is 0.308. The lowest BCUT2D eigenvalue weighted by Gasteiger charge is -2.13.